The molecular weight excluding hydrogens is 362 g/mol. The fraction of sp³-hybridized carbons (Fsp3) is 0.250. The number of aromatic nitrogens is 2. The third kappa shape index (κ3) is 3.90. The van der Waals surface area contributed by atoms with Crippen LogP contribution in [0.5, 0.6) is 17.2 Å². The average Bonchev–Trinajstić information content (AvgIpc) is 3.20. The lowest BCUT2D eigenvalue weighted by Crippen LogP contribution is -2.27. The zero-order valence-corrected chi connectivity index (χ0v) is 16.1. The van der Waals surface area contributed by atoms with Crippen molar-refractivity contribution in [1.82, 2.24) is 15.0 Å². The number of hydrogen-bond donors (Lipinski definition) is 0. The van der Waals surface area contributed by atoms with Crippen molar-refractivity contribution in [3.63, 3.8) is 0 Å². The summed E-state index contributed by atoms with van der Waals surface area (Å²) in [7, 11) is 6.26. The maximum atomic E-state index is 12.9. The molecule has 0 N–H and O–H groups in total. The van der Waals surface area contributed by atoms with Crippen LogP contribution in [0.3, 0.4) is 0 Å². The molecule has 0 fully saturated rings. The largest absolute Gasteiger partial charge is 0.497 e. The highest BCUT2D eigenvalue weighted by atomic mass is 16.5. The maximum absolute atomic E-state index is 12.9. The summed E-state index contributed by atoms with van der Waals surface area (Å²) in [4.78, 5) is 18.7. The predicted octanol–water partition coefficient (Wildman–Crippen LogP) is 3.03. The molecule has 0 bridgehead atoms. The summed E-state index contributed by atoms with van der Waals surface area (Å²) in [6, 6.07) is 12.5. The third-order valence-corrected chi connectivity index (χ3v) is 4.18. The van der Waals surface area contributed by atoms with Crippen molar-refractivity contribution < 1.29 is 23.5 Å². The van der Waals surface area contributed by atoms with Crippen LogP contribution in [0, 0.1) is 0 Å². The lowest BCUT2D eigenvalue weighted by molar-refractivity contribution is 0.0762. The lowest BCUT2D eigenvalue weighted by atomic mass is 10.1. The molecule has 0 saturated carbocycles. The topological polar surface area (TPSA) is 86.9 Å². The van der Waals surface area contributed by atoms with Gasteiger partial charge in [-0.05, 0) is 36.4 Å². The van der Waals surface area contributed by atoms with Crippen LogP contribution in [0.25, 0.3) is 11.4 Å². The van der Waals surface area contributed by atoms with Crippen LogP contribution < -0.4 is 14.2 Å². The second-order valence-electron chi connectivity index (χ2n) is 5.94. The summed E-state index contributed by atoms with van der Waals surface area (Å²) < 4.78 is 21.0. The molecule has 0 atom stereocenters. The molecule has 146 valence electrons. The van der Waals surface area contributed by atoms with E-state index in [9.17, 15) is 4.79 Å². The minimum absolute atomic E-state index is 0.142. The van der Waals surface area contributed by atoms with Crippen molar-refractivity contribution in [1.29, 1.82) is 0 Å². The molecule has 0 aliphatic rings. The first-order valence-electron chi connectivity index (χ1n) is 8.50. The quantitative estimate of drug-likeness (QED) is 0.620. The molecule has 3 aromatic rings. The Kier molecular flexibility index (Phi) is 5.78. The Labute approximate surface area is 162 Å². The van der Waals surface area contributed by atoms with Gasteiger partial charge in [0.05, 0.1) is 21.3 Å². The monoisotopic (exact) mass is 383 g/mol. The van der Waals surface area contributed by atoms with Gasteiger partial charge in [0.2, 0.25) is 11.7 Å². The van der Waals surface area contributed by atoms with Crippen molar-refractivity contribution in [2.45, 2.75) is 6.54 Å². The third-order valence-electron chi connectivity index (χ3n) is 4.18. The van der Waals surface area contributed by atoms with E-state index in [0.717, 1.165) is 11.3 Å². The van der Waals surface area contributed by atoms with Gasteiger partial charge in [-0.25, -0.2) is 0 Å². The van der Waals surface area contributed by atoms with Gasteiger partial charge in [-0.15, -0.1) is 0 Å². The van der Waals surface area contributed by atoms with Crippen LogP contribution in [0.2, 0.25) is 0 Å². The Morgan fingerprint density at radius 3 is 2.21 bits per heavy atom. The first-order chi connectivity index (χ1) is 13.6. The standard InChI is InChI=1S/C20H21N3O5/c1-23(20(24)18-15(26-3)6-5-7-16(18)27-4)12-17-21-19(22-28-17)13-8-10-14(25-2)11-9-13/h5-11H,12H2,1-4H3. The predicted molar refractivity (Wildman–Crippen MR) is 102 cm³/mol. The van der Waals surface area contributed by atoms with E-state index >= 15 is 0 Å². The molecule has 1 heterocycles. The summed E-state index contributed by atoms with van der Waals surface area (Å²) in [6.45, 7) is 0.142. The van der Waals surface area contributed by atoms with Crippen LogP contribution >= 0.6 is 0 Å². The van der Waals surface area contributed by atoms with E-state index < -0.39 is 0 Å². The number of nitrogens with zero attached hydrogens (tertiary/aromatic N) is 3. The number of benzene rings is 2. The van der Waals surface area contributed by atoms with Crippen molar-refractivity contribution in [3.8, 4) is 28.6 Å². The van der Waals surface area contributed by atoms with Crippen LogP contribution in [0.4, 0.5) is 0 Å². The van der Waals surface area contributed by atoms with E-state index in [2.05, 4.69) is 10.1 Å². The van der Waals surface area contributed by atoms with Crippen molar-refractivity contribution in [3.05, 3.63) is 53.9 Å². The highest BCUT2D eigenvalue weighted by Crippen LogP contribution is 2.29. The molecule has 0 spiro atoms. The molecule has 1 amide bonds. The fourth-order valence-electron chi connectivity index (χ4n) is 2.70. The highest BCUT2D eigenvalue weighted by molar-refractivity contribution is 5.99. The molecule has 28 heavy (non-hydrogen) atoms. The Hall–Kier alpha value is -3.55. The number of rotatable bonds is 7. The Morgan fingerprint density at radius 2 is 1.64 bits per heavy atom. The Morgan fingerprint density at radius 1 is 1.00 bits per heavy atom. The molecule has 3 rings (SSSR count). The fourth-order valence-corrected chi connectivity index (χ4v) is 2.70. The zero-order chi connectivity index (χ0) is 20.1. The smallest absolute Gasteiger partial charge is 0.261 e. The minimum atomic E-state index is -0.279. The van der Waals surface area contributed by atoms with Crippen LogP contribution in [-0.4, -0.2) is 49.3 Å². The van der Waals surface area contributed by atoms with Gasteiger partial charge in [-0.3, -0.25) is 4.79 Å². The van der Waals surface area contributed by atoms with Crippen LogP contribution in [-0.2, 0) is 6.54 Å². The number of carbonyl (C=O) groups excluding carboxylic acids is 1. The molecule has 8 heteroatoms. The molecule has 0 saturated heterocycles. The van der Waals surface area contributed by atoms with E-state index in [-0.39, 0.29) is 12.5 Å². The number of carbonyl (C=O) groups is 1. The molecule has 2 aromatic carbocycles. The van der Waals surface area contributed by atoms with E-state index in [0.29, 0.717) is 28.8 Å². The van der Waals surface area contributed by atoms with Gasteiger partial charge in [0, 0.05) is 12.6 Å². The van der Waals surface area contributed by atoms with Crippen LogP contribution in [0.15, 0.2) is 47.0 Å². The van der Waals surface area contributed by atoms with Crippen molar-refractivity contribution >= 4 is 5.91 Å². The summed E-state index contributed by atoms with van der Waals surface area (Å²) in [5.41, 5.74) is 1.13. The normalized spacial score (nSPS) is 10.4. The summed E-state index contributed by atoms with van der Waals surface area (Å²) in [5, 5.41) is 3.98. The maximum Gasteiger partial charge on any atom is 0.261 e. The number of hydrogen-bond acceptors (Lipinski definition) is 7. The number of ether oxygens (including phenoxy) is 3. The summed E-state index contributed by atoms with van der Waals surface area (Å²) in [6.07, 6.45) is 0. The molecule has 0 aliphatic heterocycles. The van der Waals surface area contributed by atoms with Crippen LogP contribution in [0.1, 0.15) is 16.2 Å². The summed E-state index contributed by atoms with van der Waals surface area (Å²) in [5.74, 6) is 2.08. The lowest BCUT2D eigenvalue weighted by Gasteiger charge is -2.18. The van der Waals surface area contributed by atoms with E-state index in [1.165, 1.54) is 19.1 Å². The zero-order valence-electron chi connectivity index (χ0n) is 16.1. The molecule has 0 aliphatic carbocycles. The van der Waals surface area contributed by atoms with Gasteiger partial charge >= 0.3 is 0 Å². The molecular formula is C20H21N3O5. The van der Waals surface area contributed by atoms with E-state index in [4.69, 9.17) is 18.7 Å². The second-order valence-corrected chi connectivity index (χ2v) is 5.94. The van der Waals surface area contributed by atoms with Crippen molar-refractivity contribution in [2.75, 3.05) is 28.4 Å². The van der Waals surface area contributed by atoms with Gasteiger partial charge in [-0.1, -0.05) is 11.2 Å². The first kappa shape index (κ1) is 19.2. The highest BCUT2D eigenvalue weighted by Gasteiger charge is 2.23. The molecule has 1 aromatic heterocycles. The second kappa shape index (κ2) is 8.43. The van der Waals surface area contributed by atoms with Gasteiger partial charge in [0.15, 0.2) is 0 Å². The first-order valence-corrected chi connectivity index (χ1v) is 8.50. The Balaban J connectivity index is 1.77. The Bertz CT molecular complexity index is 930. The SMILES string of the molecule is COc1ccc(-c2noc(CN(C)C(=O)c3c(OC)cccc3OC)n2)cc1. The average molecular weight is 383 g/mol. The molecule has 0 unspecified atom stereocenters. The molecule has 0 radical (unpaired) electrons. The van der Waals surface area contributed by atoms with Gasteiger partial charge in [-0.2, -0.15) is 4.98 Å². The number of amides is 1. The molecule has 8 nitrogen and oxygen atoms in total. The van der Waals surface area contributed by atoms with Gasteiger partial charge < -0.3 is 23.6 Å². The van der Waals surface area contributed by atoms with Gasteiger partial charge in [0.1, 0.15) is 29.4 Å². The minimum Gasteiger partial charge on any atom is -0.497 e. The van der Waals surface area contributed by atoms with E-state index in [1.807, 2.05) is 24.3 Å². The number of methoxy groups -OCH3 is 3. The summed E-state index contributed by atoms with van der Waals surface area (Å²) >= 11 is 0. The van der Waals surface area contributed by atoms with E-state index in [1.54, 1.807) is 32.4 Å². The van der Waals surface area contributed by atoms with Crippen molar-refractivity contribution in [2.24, 2.45) is 0 Å². The van der Waals surface area contributed by atoms with Gasteiger partial charge in [0.25, 0.3) is 5.91 Å².